The zero-order chi connectivity index (χ0) is 69.1. The Morgan fingerprint density at radius 3 is 0.942 bits per heavy atom. The maximum Gasteiger partial charge on any atom is 0.160 e. The second kappa shape index (κ2) is 27.6. The summed E-state index contributed by atoms with van der Waals surface area (Å²) in [7, 11) is 0. The molecule has 0 saturated heterocycles. The van der Waals surface area contributed by atoms with E-state index >= 15 is 0 Å². The lowest BCUT2D eigenvalue weighted by Crippen LogP contribution is -1.96. The molecule has 486 valence electrons. The van der Waals surface area contributed by atoms with Gasteiger partial charge in [-0.1, -0.05) is 315 Å². The minimum atomic E-state index is 0.683. The Morgan fingerprint density at radius 1 is 0.144 bits per heavy atom. The Kier molecular flexibility index (Phi) is 16.6. The quantitative estimate of drug-likeness (QED) is 0.121. The molecule has 0 aliphatic rings. The Hall–Kier alpha value is -13.9. The highest BCUT2D eigenvalue weighted by Crippen LogP contribution is 2.39. The summed E-state index contributed by atoms with van der Waals surface area (Å²) in [6, 6.07) is 128. The molecule has 0 amide bonds. The highest BCUT2D eigenvalue weighted by atomic mass is 14.9. The van der Waals surface area contributed by atoms with Crippen LogP contribution in [0.2, 0.25) is 0 Å². The molecule has 0 aliphatic heterocycles. The van der Waals surface area contributed by atoms with Crippen LogP contribution in [0.25, 0.3) is 188 Å². The maximum absolute atomic E-state index is 5.26. The van der Waals surface area contributed by atoms with Gasteiger partial charge in [-0.3, -0.25) is 9.97 Å². The summed E-state index contributed by atoms with van der Waals surface area (Å²) in [4.78, 5) is 29.9. The molecule has 19 aromatic rings. The van der Waals surface area contributed by atoms with Crippen molar-refractivity contribution < 1.29 is 0 Å². The highest BCUT2D eigenvalue weighted by molar-refractivity contribution is 5.99. The monoisotopic (exact) mass is 1320 g/mol. The van der Waals surface area contributed by atoms with Gasteiger partial charge < -0.3 is 0 Å². The van der Waals surface area contributed by atoms with Crippen LogP contribution in [-0.2, 0) is 0 Å². The summed E-state index contributed by atoms with van der Waals surface area (Å²) in [5.41, 5.74) is 23.2. The van der Waals surface area contributed by atoms with Crippen molar-refractivity contribution in [1.82, 2.24) is 29.9 Å². The summed E-state index contributed by atoms with van der Waals surface area (Å²) >= 11 is 0. The van der Waals surface area contributed by atoms with Crippen LogP contribution in [-0.4, -0.2) is 29.9 Å². The van der Waals surface area contributed by atoms with Crippen molar-refractivity contribution in [2.24, 2.45) is 0 Å². The van der Waals surface area contributed by atoms with Crippen molar-refractivity contribution in [1.29, 1.82) is 0 Å². The molecule has 0 spiro atoms. The van der Waals surface area contributed by atoms with Crippen LogP contribution in [0.5, 0.6) is 0 Å². The molecule has 0 bridgehead atoms. The highest BCUT2D eigenvalue weighted by Gasteiger charge is 2.18. The molecule has 0 aliphatic carbocycles. The third-order valence-corrected chi connectivity index (χ3v) is 19.7. The third-order valence-electron chi connectivity index (χ3n) is 19.7. The van der Waals surface area contributed by atoms with Crippen LogP contribution in [0.4, 0.5) is 0 Å². The molecule has 0 N–H and O–H groups in total. The first-order chi connectivity index (χ1) is 51.5. The molecule has 0 radical (unpaired) electrons. The fraction of sp³-hybridized carbons (Fsp3) is 0. The molecular formula is C98H64N6. The predicted molar refractivity (Wildman–Crippen MR) is 432 cm³/mol. The summed E-state index contributed by atoms with van der Waals surface area (Å²) in [6.45, 7) is 0. The van der Waals surface area contributed by atoms with Crippen LogP contribution in [0.1, 0.15) is 0 Å². The molecule has 4 heterocycles. The van der Waals surface area contributed by atoms with Crippen LogP contribution in [0.15, 0.2) is 389 Å². The molecule has 6 heteroatoms. The second-order valence-corrected chi connectivity index (χ2v) is 26.2. The van der Waals surface area contributed by atoms with Gasteiger partial charge in [0.2, 0.25) is 0 Å². The molecule has 4 aromatic heterocycles. The topological polar surface area (TPSA) is 77.3 Å². The zero-order valence-electron chi connectivity index (χ0n) is 56.6. The zero-order valence-corrected chi connectivity index (χ0v) is 56.6. The normalized spacial score (nSPS) is 11.3. The van der Waals surface area contributed by atoms with Gasteiger partial charge in [0, 0.05) is 80.1 Å². The first-order valence-corrected chi connectivity index (χ1v) is 35.1. The minimum Gasteiger partial charge on any atom is -0.263 e. The van der Waals surface area contributed by atoms with Gasteiger partial charge in [0.15, 0.2) is 11.6 Å². The first kappa shape index (κ1) is 62.3. The van der Waals surface area contributed by atoms with Gasteiger partial charge in [0.1, 0.15) is 0 Å². The molecule has 6 nitrogen and oxygen atoms in total. The summed E-state index contributed by atoms with van der Waals surface area (Å²) < 4.78 is 0. The van der Waals surface area contributed by atoms with E-state index in [2.05, 4.69) is 362 Å². The van der Waals surface area contributed by atoms with Crippen molar-refractivity contribution in [3.63, 3.8) is 0 Å². The fourth-order valence-electron chi connectivity index (χ4n) is 14.3. The van der Waals surface area contributed by atoms with Gasteiger partial charge in [-0.15, -0.1) is 0 Å². The van der Waals surface area contributed by atoms with E-state index in [1.54, 1.807) is 0 Å². The standard InChI is InChI=1S/C51H33N3.C47H31N3/c1-2-12-38-28-40(27-22-34(38)10-1)39-15-7-17-42(29-39)50-31-49(37-25-23-36(24-26-37)48-33-52-32-44-13-4-6-20-47(44)48)53-51(54-50)43-18-8-16-41(30-43)46-21-9-14-35-11-3-5-19-45(35)46;1-2-10-32(11-3-1)37-15-9-18-41(28-37)47-49-45(35-23-21-34(22-24-35)44-31-48-30-42-14-6-7-19-43(42)44)29-46(50-47)40-17-8-16-38(27-40)39-25-20-33-12-4-5-13-36(33)26-39/h1-33H;1-31H. The van der Waals surface area contributed by atoms with E-state index in [4.69, 9.17) is 19.9 Å². The number of pyridine rings is 2. The number of benzene rings is 15. The van der Waals surface area contributed by atoms with Crippen LogP contribution >= 0.6 is 0 Å². The molecule has 0 saturated carbocycles. The summed E-state index contributed by atoms with van der Waals surface area (Å²) in [5.74, 6) is 1.37. The Balaban J connectivity index is 0.000000149. The van der Waals surface area contributed by atoms with E-state index in [1.807, 2.05) is 36.9 Å². The molecule has 104 heavy (non-hydrogen) atoms. The number of hydrogen-bond acceptors (Lipinski definition) is 6. The van der Waals surface area contributed by atoms with Gasteiger partial charge >= 0.3 is 0 Å². The van der Waals surface area contributed by atoms with E-state index < -0.39 is 0 Å². The molecule has 0 fully saturated rings. The number of aromatic nitrogens is 6. The number of fused-ring (bicyclic) bond motifs is 5. The fourth-order valence-corrected chi connectivity index (χ4v) is 14.3. The number of nitrogens with zero attached hydrogens (tertiary/aromatic N) is 6. The lowest BCUT2D eigenvalue weighted by atomic mass is 9.96. The molecular weight excluding hydrogens is 1260 g/mol. The largest absolute Gasteiger partial charge is 0.263 e. The summed E-state index contributed by atoms with van der Waals surface area (Å²) in [6.07, 6.45) is 7.73. The number of hydrogen-bond donors (Lipinski definition) is 0. The lowest BCUT2D eigenvalue weighted by Gasteiger charge is -2.13. The predicted octanol–water partition coefficient (Wildman–Crippen LogP) is 25.5. The summed E-state index contributed by atoms with van der Waals surface area (Å²) in [5, 5.41) is 12.0. The Labute approximate surface area is 603 Å². The minimum absolute atomic E-state index is 0.683. The average molecular weight is 1330 g/mol. The first-order valence-electron chi connectivity index (χ1n) is 35.1. The Morgan fingerprint density at radius 2 is 0.452 bits per heavy atom. The van der Waals surface area contributed by atoms with Crippen molar-refractivity contribution in [3.05, 3.63) is 389 Å². The average Bonchev–Trinajstić information content (AvgIpc) is 0.792. The van der Waals surface area contributed by atoms with Gasteiger partial charge in [0.05, 0.1) is 22.8 Å². The van der Waals surface area contributed by atoms with Gasteiger partial charge in [-0.05, 0) is 147 Å². The van der Waals surface area contributed by atoms with E-state index in [9.17, 15) is 0 Å². The third kappa shape index (κ3) is 12.7. The number of rotatable bonds is 12. The van der Waals surface area contributed by atoms with Crippen molar-refractivity contribution >= 4 is 53.9 Å². The van der Waals surface area contributed by atoms with E-state index in [0.29, 0.717) is 11.6 Å². The van der Waals surface area contributed by atoms with E-state index in [0.717, 1.165) is 117 Å². The Bertz CT molecular complexity index is 6410. The van der Waals surface area contributed by atoms with Gasteiger partial charge in [-0.2, -0.15) is 0 Å². The maximum atomic E-state index is 5.26. The van der Waals surface area contributed by atoms with Gasteiger partial charge in [-0.25, -0.2) is 19.9 Å². The van der Waals surface area contributed by atoms with Crippen molar-refractivity contribution in [2.75, 3.05) is 0 Å². The van der Waals surface area contributed by atoms with Gasteiger partial charge in [0.25, 0.3) is 0 Å². The molecule has 0 atom stereocenters. The lowest BCUT2D eigenvalue weighted by molar-refractivity contribution is 1.18. The molecule has 0 unspecified atom stereocenters. The SMILES string of the molecule is c1cc(-c2ccc3ccccc3c2)cc(-c2cc(-c3ccc(-c4cncc5ccccc45)cc3)nc(-c3cccc(-c4cccc5ccccc45)c3)n2)c1.c1ccc(-c2cccc(-c3nc(-c4ccc(-c5cncc6ccccc56)cc4)cc(-c4cccc(-c5ccc6ccccc6c5)c4)n3)c2)cc1. The van der Waals surface area contributed by atoms with Crippen molar-refractivity contribution in [3.8, 4) is 135 Å². The van der Waals surface area contributed by atoms with E-state index in [-0.39, 0.29) is 0 Å². The van der Waals surface area contributed by atoms with Crippen LogP contribution in [0, 0.1) is 0 Å². The second-order valence-electron chi connectivity index (χ2n) is 26.2. The van der Waals surface area contributed by atoms with E-state index in [1.165, 1.54) is 59.8 Å². The van der Waals surface area contributed by atoms with Crippen LogP contribution < -0.4 is 0 Å². The molecule has 19 rings (SSSR count). The van der Waals surface area contributed by atoms with Crippen molar-refractivity contribution in [2.45, 2.75) is 0 Å². The molecule has 15 aromatic carbocycles. The van der Waals surface area contributed by atoms with Crippen LogP contribution in [0.3, 0.4) is 0 Å². The smallest absolute Gasteiger partial charge is 0.160 e.